The molecule has 1 unspecified atom stereocenters. The monoisotopic (exact) mass is 411 g/mol. The van der Waals surface area contributed by atoms with Crippen molar-refractivity contribution in [1.82, 2.24) is 20.1 Å². The fourth-order valence-electron chi connectivity index (χ4n) is 3.60. The van der Waals surface area contributed by atoms with E-state index in [1.54, 1.807) is 40.4 Å². The van der Waals surface area contributed by atoms with E-state index >= 15 is 0 Å². The molecule has 3 aromatic rings. The van der Waals surface area contributed by atoms with Crippen LogP contribution in [0.4, 0.5) is 15.0 Å². The minimum Gasteiger partial charge on any atom is -0.494 e. The maximum Gasteiger partial charge on any atom is 0.326 e. The third-order valence-corrected chi connectivity index (χ3v) is 5.29. The fraction of sp³-hybridized carbons (Fsp3) is 0.286. The third kappa shape index (κ3) is 3.42. The molecule has 9 heteroatoms. The summed E-state index contributed by atoms with van der Waals surface area (Å²) in [5.41, 5.74) is 2.42. The summed E-state index contributed by atoms with van der Waals surface area (Å²) in [4.78, 5) is 21.0. The van der Waals surface area contributed by atoms with Gasteiger partial charge in [0.15, 0.2) is 11.6 Å². The second kappa shape index (κ2) is 8.02. The highest BCUT2D eigenvalue weighted by atomic mass is 19.1. The highest BCUT2D eigenvalue weighted by Crippen LogP contribution is 2.33. The van der Waals surface area contributed by atoms with Crippen molar-refractivity contribution in [3.05, 3.63) is 54.1 Å². The highest BCUT2D eigenvalue weighted by Gasteiger charge is 2.34. The molecule has 4 rings (SSSR count). The van der Waals surface area contributed by atoms with Crippen molar-refractivity contribution in [3.8, 4) is 22.8 Å². The van der Waals surface area contributed by atoms with Crippen molar-refractivity contribution >= 4 is 11.8 Å². The Labute approximate surface area is 173 Å². The summed E-state index contributed by atoms with van der Waals surface area (Å²) < 4.78 is 24.2. The number of anilines is 1. The van der Waals surface area contributed by atoms with Crippen molar-refractivity contribution < 1.29 is 18.7 Å². The van der Waals surface area contributed by atoms with Gasteiger partial charge in [0.25, 0.3) is 0 Å². The molecule has 1 atom stereocenters. The Balaban J connectivity index is 1.57. The molecule has 2 amide bonds. The minimum absolute atomic E-state index is 0.157. The zero-order chi connectivity index (χ0) is 21.3. The number of urea groups is 1. The number of methoxy groups -OCH3 is 2. The summed E-state index contributed by atoms with van der Waals surface area (Å²) in [6.45, 7) is 2.92. The van der Waals surface area contributed by atoms with Crippen LogP contribution in [0.15, 0.2) is 42.7 Å². The van der Waals surface area contributed by atoms with E-state index in [-0.39, 0.29) is 17.8 Å². The summed E-state index contributed by atoms with van der Waals surface area (Å²) in [7, 11) is 2.96. The molecule has 1 aliphatic heterocycles. The normalized spacial score (nSPS) is 14.9. The van der Waals surface area contributed by atoms with Crippen molar-refractivity contribution in [1.29, 1.82) is 0 Å². The van der Waals surface area contributed by atoms with Gasteiger partial charge < -0.3 is 14.4 Å². The number of H-pyrrole nitrogens is 1. The fourth-order valence-corrected chi connectivity index (χ4v) is 3.60. The first-order valence-corrected chi connectivity index (χ1v) is 9.49. The van der Waals surface area contributed by atoms with Crippen molar-refractivity contribution in [2.45, 2.75) is 13.0 Å². The summed E-state index contributed by atoms with van der Waals surface area (Å²) >= 11 is 0. The van der Waals surface area contributed by atoms with Gasteiger partial charge >= 0.3 is 6.03 Å². The number of nitrogens with zero attached hydrogens (tertiary/aromatic N) is 4. The summed E-state index contributed by atoms with van der Waals surface area (Å²) in [6.07, 6.45) is 3.43. The van der Waals surface area contributed by atoms with Crippen LogP contribution < -0.4 is 14.4 Å². The molecule has 30 heavy (non-hydrogen) atoms. The third-order valence-electron chi connectivity index (χ3n) is 5.29. The van der Waals surface area contributed by atoms with E-state index in [2.05, 4.69) is 15.2 Å². The number of aromatic amines is 1. The number of carbonyl (C=O) groups is 1. The SMILES string of the molecule is COc1cc(C(C)N2CCN(c3ccc(-c4cn[nH]c4)c(OC)n3)C2=O)ccc1F. The largest absolute Gasteiger partial charge is 0.494 e. The molecule has 0 saturated carbocycles. The Morgan fingerprint density at radius 2 is 2.00 bits per heavy atom. The summed E-state index contributed by atoms with van der Waals surface area (Å²) in [5, 5.41) is 6.71. The van der Waals surface area contributed by atoms with E-state index < -0.39 is 5.82 Å². The number of hydrogen-bond acceptors (Lipinski definition) is 5. The lowest BCUT2D eigenvalue weighted by Crippen LogP contribution is -2.34. The van der Waals surface area contributed by atoms with Crippen LogP contribution in [0.2, 0.25) is 0 Å². The number of rotatable bonds is 6. The lowest BCUT2D eigenvalue weighted by Gasteiger charge is -2.25. The second-order valence-electron chi connectivity index (χ2n) is 6.91. The maximum absolute atomic E-state index is 13.7. The van der Waals surface area contributed by atoms with Crippen molar-refractivity contribution in [3.63, 3.8) is 0 Å². The van der Waals surface area contributed by atoms with Crippen LogP contribution in [-0.4, -0.2) is 53.4 Å². The maximum atomic E-state index is 13.7. The number of carbonyl (C=O) groups excluding carboxylic acids is 1. The van der Waals surface area contributed by atoms with E-state index in [9.17, 15) is 9.18 Å². The molecular formula is C21H22FN5O3. The number of nitrogens with one attached hydrogen (secondary N) is 1. The van der Waals surface area contributed by atoms with Gasteiger partial charge in [0.05, 0.1) is 26.5 Å². The van der Waals surface area contributed by atoms with E-state index in [1.807, 2.05) is 13.0 Å². The Morgan fingerprint density at radius 3 is 2.70 bits per heavy atom. The van der Waals surface area contributed by atoms with Crippen LogP contribution in [0.3, 0.4) is 0 Å². The second-order valence-corrected chi connectivity index (χ2v) is 6.91. The van der Waals surface area contributed by atoms with Gasteiger partial charge in [-0.15, -0.1) is 0 Å². The van der Waals surface area contributed by atoms with Gasteiger partial charge in [0.2, 0.25) is 5.88 Å². The number of aromatic nitrogens is 3. The van der Waals surface area contributed by atoms with E-state index in [1.165, 1.54) is 20.3 Å². The quantitative estimate of drug-likeness (QED) is 0.670. The molecule has 0 radical (unpaired) electrons. The summed E-state index contributed by atoms with van der Waals surface area (Å²) in [6, 6.07) is 7.87. The number of amides is 2. The van der Waals surface area contributed by atoms with E-state index in [4.69, 9.17) is 9.47 Å². The Hall–Kier alpha value is -3.62. The first-order chi connectivity index (χ1) is 14.5. The molecule has 1 aliphatic rings. The van der Waals surface area contributed by atoms with E-state index in [0.717, 1.165) is 16.7 Å². The first-order valence-electron chi connectivity index (χ1n) is 9.49. The molecule has 1 saturated heterocycles. The first kappa shape index (κ1) is 19.7. The van der Waals surface area contributed by atoms with Crippen molar-refractivity contribution in [2.75, 3.05) is 32.2 Å². The Bertz CT molecular complexity index is 1060. The highest BCUT2D eigenvalue weighted by molar-refractivity contribution is 5.93. The molecule has 1 N–H and O–H groups in total. The Kier molecular flexibility index (Phi) is 5.26. The molecule has 2 aromatic heterocycles. The number of halogens is 1. The molecule has 0 aliphatic carbocycles. The van der Waals surface area contributed by atoms with Gasteiger partial charge in [-0.3, -0.25) is 10.00 Å². The minimum atomic E-state index is -0.433. The molecule has 0 spiro atoms. The molecule has 0 bridgehead atoms. The predicted molar refractivity (Wildman–Crippen MR) is 109 cm³/mol. The van der Waals surface area contributed by atoms with Crippen LogP contribution >= 0.6 is 0 Å². The smallest absolute Gasteiger partial charge is 0.326 e. The van der Waals surface area contributed by atoms with Gasteiger partial charge in [-0.25, -0.2) is 9.18 Å². The van der Waals surface area contributed by atoms with Gasteiger partial charge in [0.1, 0.15) is 5.82 Å². The number of pyridine rings is 1. The molecule has 156 valence electrons. The standard InChI is InChI=1S/C21H22FN5O3/c1-13(14-4-6-17(22)18(10-14)29-2)26-8-9-27(21(26)28)19-7-5-16(20(25-19)30-3)15-11-23-24-12-15/h4-7,10-13H,8-9H2,1-3H3,(H,23,24). The van der Waals surface area contributed by atoms with Gasteiger partial charge in [-0.1, -0.05) is 6.07 Å². The Morgan fingerprint density at radius 1 is 1.17 bits per heavy atom. The number of ether oxygens (including phenoxy) is 2. The van der Waals surface area contributed by atoms with Crippen LogP contribution in [0.1, 0.15) is 18.5 Å². The lowest BCUT2D eigenvalue weighted by atomic mass is 10.1. The molecule has 1 aromatic carbocycles. The average molecular weight is 411 g/mol. The molecular weight excluding hydrogens is 389 g/mol. The van der Waals surface area contributed by atoms with Gasteiger partial charge in [-0.05, 0) is 36.8 Å². The lowest BCUT2D eigenvalue weighted by molar-refractivity contribution is 0.205. The predicted octanol–water partition coefficient (Wildman–Crippen LogP) is 3.63. The zero-order valence-electron chi connectivity index (χ0n) is 16.9. The molecule has 3 heterocycles. The van der Waals surface area contributed by atoms with Crippen LogP contribution in [-0.2, 0) is 0 Å². The number of hydrogen-bond donors (Lipinski definition) is 1. The van der Waals surface area contributed by atoms with Gasteiger partial charge in [0, 0.05) is 30.4 Å². The van der Waals surface area contributed by atoms with Gasteiger partial charge in [-0.2, -0.15) is 10.1 Å². The topological polar surface area (TPSA) is 83.6 Å². The van der Waals surface area contributed by atoms with E-state index in [0.29, 0.717) is 24.8 Å². The molecule has 8 nitrogen and oxygen atoms in total. The van der Waals surface area contributed by atoms with Crippen LogP contribution in [0, 0.1) is 5.82 Å². The number of benzene rings is 1. The van der Waals surface area contributed by atoms with Crippen LogP contribution in [0.25, 0.3) is 11.1 Å². The zero-order valence-corrected chi connectivity index (χ0v) is 16.9. The average Bonchev–Trinajstić information content (AvgIpc) is 3.43. The summed E-state index contributed by atoms with van der Waals surface area (Å²) in [5.74, 6) is 0.646. The van der Waals surface area contributed by atoms with Crippen LogP contribution in [0.5, 0.6) is 11.6 Å². The molecule has 1 fully saturated rings. The van der Waals surface area contributed by atoms with Crippen molar-refractivity contribution in [2.24, 2.45) is 0 Å².